The summed E-state index contributed by atoms with van der Waals surface area (Å²) in [5.74, 6) is 1.03. The number of aryl methyl sites for hydroxylation is 3. The van der Waals surface area contributed by atoms with Crippen molar-refractivity contribution in [2.75, 3.05) is 0 Å². The first-order chi connectivity index (χ1) is 16.8. The third-order valence-electron chi connectivity index (χ3n) is 5.63. The first-order valence-electron chi connectivity index (χ1n) is 10.9. The van der Waals surface area contributed by atoms with Gasteiger partial charge in [-0.2, -0.15) is 4.98 Å². The van der Waals surface area contributed by atoms with E-state index >= 15 is 0 Å². The molecule has 7 nitrogen and oxygen atoms in total. The summed E-state index contributed by atoms with van der Waals surface area (Å²) in [5.41, 5.74) is 3.15. The van der Waals surface area contributed by atoms with Crippen LogP contribution >= 0.6 is 24.0 Å². The second-order valence-corrected chi connectivity index (χ2v) is 9.91. The van der Waals surface area contributed by atoms with Crippen LogP contribution in [0.1, 0.15) is 28.0 Å². The predicted molar refractivity (Wildman–Crippen MR) is 140 cm³/mol. The highest BCUT2D eigenvalue weighted by atomic mass is 32.2. The van der Waals surface area contributed by atoms with Gasteiger partial charge >= 0.3 is 0 Å². The van der Waals surface area contributed by atoms with Gasteiger partial charge in [-0.15, -0.1) is 0 Å². The SMILES string of the molecule is Cc1ccc(Oc2nc3c(C)cccn3c(=O)c2/C=C2/SC(=S)N(Cc3ccco3)C2=O)c(C)c1. The Balaban J connectivity index is 1.62. The van der Waals surface area contributed by atoms with Crippen molar-refractivity contribution < 1.29 is 13.9 Å². The van der Waals surface area contributed by atoms with Crippen LogP contribution in [0.5, 0.6) is 11.6 Å². The Kier molecular flexibility index (Phi) is 6.04. The van der Waals surface area contributed by atoms with Crippen molar-refractivity contribution in [3.63, 3.8) is 0 Å². The molecule has 0 aliphatic carbocycles. The number of pyridine rings is 1. The minimum atomic E-state index is -0.338. The number of carbonyl (C=O) groups excluding carboxylic acids is 1. The summed E-state index contributed by atoms with van der Waals surface area (Å²) in [6.07, 6.45) is 4.71. The van der Waals surface area contributed by atoms with Crippen molar-refractivity contribution in [1.29, 1.82) is 0 Å². The lowest BCUT2D eigenvalue weighted by Crippen LogP contribution is -2.27. The van der Waals surface area contributed by atoms with Gasteiger partial charge in [-0.3, -0.25) is 18.9 Å². The molecule has 0 saturated carbocycles. The Morgan fingerprint density at radius 3 is 2.69 bits per heavy atom. The second-order valence-electron chi connectivity index (χ2n) is 8.24. The van der Waals surface area contributed by atoms with Crippen molar-refractivity contribution in [3.8, 4) is 11.6 Å². The molecule has 0 spiro atoms. The molecule has 0 N–H and O–H groups in total. The quantitative estimate of drug-likeness (QED) is 0.266. The first kappa shape index (κ1) is 23.1. The summed E-state index contributed by atoms with van der Waals surface area (Å²) in [6.45, 7) is 6.02. The van der Waals surface area contributed by atoms with Crippen LogP contribution in [0.4, 0.5) is 0 Å². The minimum absolute atomic E-state index is 0.132. The number of fused-ring (bicyclic) bond motifs is 1. The zero-order valence-electron chi connectivity index (χ0n) is 19.3. The molecule has 0 atom stereocenters. The summed E-state index contributed by atoms with van der Waals surface area (Å²) in [4.78, 5) is 33.2. The normalized spacial score (nSPS) is 14.9. The van der Waals surface area contributed by atoms with Crippen LogP contribution in [-0.2, 0) is 11.3 Å². The molecule has 1 aromatic carbocycles. The molecule has 0 unspecified atom stereocenters. The third kappa shape index (κ3) is 4.40. The molecule has 176 valence electrons. The monoisotopic (exact) mass is 503 g/mol. The number of hydrogen-bond donors (Lipinski definition) is 0. The van der Waals surface area contributed by atoms with E-state index in [0.29, 0.717) is 26.4 Å². The molecular weight excluding hydrogens is 482 g/mol. The maximum Gasteiger partial charge on any atom is 0.269 e. The van der Waals surface area contributed by atoms with Crippen LogP contribution in [0.25, 0.3) is 11.7 Å². The molecule has 1 aliphatic rings. The molecule has 3 aromatic heterocycles. The van der Waals surface area contributed by atoms with Crippen molar-refractivity contribution in [2.45, 2.75) is 27.3 Å². The summed E-state index contributed by atoms with van der Waals surface area (Å²) < 4.78 is 13.4. The molecule has 35 heavy (non-hydrogen) atoms. The number of thioether (sulfide) groups is 1. The fourth-order valence-corrected chi connectivity index (χ4v) is 5.07. The highest BCUT2D eigenvalue weighted by Gasteiger charge is 2.33. The lowest BCUT2D eigenvalue weighted by Gasteiger charge is -2.13. The summed E-state index contributed by atoms with van der Waals surface area (Å²) in [6, 6.07) is 13.0. The van der Waals surface area contributed by atoms with Crippen molar-refractivity contribution in [2.24, 2.45) is 0 Å². The number of furan rings is 1. The van der Waals surface area contributed by atoms with Crippen LogP contribution in [-0.4, -0.2) is 24.5 Å². The number of rotatable bonds is 5. The predicted octanol–water partition coefficient (Wildman–Crippen LogP) is 5.41. The van der Waals surface area contributed by atoms with Crippen LogP contribution in [0.2, 0.25) is 0 Å². The van der Waals surface area contributed by atoms with E-state index in [1.165, 1.54) is 15.4 Å². The fourth-order valence-electron chi connectivity index (χ4n) is 3.84. The molecule has 0 radical (unpaired) electrons. The van der Waals surface area contributed by atoms with Crippen LogP contribution in [0.3, 0.4) is 0 Å². The Labute approximate surface area is 211 Å². The standard InChI is InChI=1S/C26H21N3O4S2/c1-15-8-9-20(17(3)12-15)33-23-19(24(30)28-10-4-6-16(2)22(28)27-23)13-21-25(31)29(26(34)35-21)14-18-7-5-11-32-18/h4-13H,14H2,1-3H3/b21-13+. The number of amides is 1. The molecule has 5 rings (SSSR count). The average Bonchev–Trinajstić information content (AvgIpc) is 3.43. The van der Waals surface area contributed by atoms with Gasteiger partial charge in [-0.05, 0) is 62.2 Å². The number of nitrogens with zero attached hydrogens (tertiary/aromatic N) is 3. The van der Waals surface area contributed by atoms with E-state index in [-0.39, 0.29) is 29.5 Å². The summed E-state index contributed by atoms with van der Waals surface area (Å²) >= 11 is 6.56. The molecule has 1 amide bonds. The van der Waals surface area contributed by atoms with Gasteiger partial charge in [0.2, 0.25) is 5.88 Å². The average molecular weight is 504 g/mol. The number of benzene rings is 1. The van der Waals surface area contributed by atoms with Crippen molar-refractivity contribution in [3.05, 3.63) is 98.2 Å². The highest BCUT2D eigenvalue weighted by Crippen LogP contribution is 2.35. The third-order valence-corrected chi connectivity index (χ3v) is 7.01. The summed E-state index contributed by atoms with van der Waals surface area (Å²) in [7, 11) is 0. The molecule has 1 aliphatic heterocycles. The van der Waals surface area contributed by atoms with Gasteiger partial charge in [0.05, 0.1) is 17.7 Å². The molecule has 9 heteroatoms. The van der Waals surface area contributed by atoms with Crippen LogP contribution in [0.15, 0.2) is 69.0 Å². The van der Waals surface area contributed by atoms with Gasteiger partial charge in [0.15, 0.2) is 0 Å². The first-order valence-corrected chi connectivity index (χ1v) is 12.1. The van der Waals surface area contributed by atoms with E-state index in [9.17, 15) is 9.59 Å². The Hall–Kier alpha value is -3.69. The zero-order valence-corrected chi connectivity index (χ0v) is 20.9. The Morgan fingerprint density at radius 2 is 1.94 bits per heavy atom. The smallest absolute Gasteiger partial charge is 0.269 e. The maximum absolute atomic E-state index is 13.6. The van der Waals surface area contributed by atoms with Crippen LogP contribution < -0.4 is 10.3 Å². The van der Waals surface area contributed by atoms with Crippen molar-refractivity contribution in [1.82, 2.24) is 14.3 Å². The van der Waals surface area contributed by atoms with Gasteiger partial charge in [-0.1, -0.05) is 47.7 Å². The number of thiocarbonyl (C=S) groups is 1. The Bertz CT molecular complexity index is 1570. The highest BCUT2D eigenvalue weighted by molar-refractivity contribution is 8.26. The summed E-state index contributed by atoms with van der Waals surface area (Å²) in [5, 5.41) is 0. The van der Waals surface area contributed by atoms with Gasteiger partial charge < -0.3 is 9.15 Å². The van der Waals surface area contributed by atoms with Crippen molar-refractivity contribution >= 4 is 45.9 Å². The molecule has 1 saturated heterocycles. The van der Waals surface area contributed by atoms with E-state index < -0.39 is 0 Å². The zero-order chi connectivity index (χ0) is 24.7. The molecule has 0 bridgehead atoms. The van der Waals surface area contributed by atoms with Gasteiger partial charge in [0.1, 0.15) is 27.0 Å². The molecule has 4 heterocycles. The lowest BCUT2D eigenvalue weighted by atomic mass is 10.1. The van der Waals surface area contributed by atoms with E-state index in [4.69, 9.17) is 21.4 Å². The number of ether oxygens (including phenoxy) is 1. The molecule has 4 aromatic rings. The van der Waals surface area contributed by atoms with Gasteiger partial charge in [0, 0.05) is 6.20 Å². The largest absolute Gasteiger partial charge is 0.467 e. The fraction of sp³-hybridized carbons (Fsp3) is 0.154. The number of carbonyl (C=O) groups is 1. The Morgan fingerprint density at radius 1 is 1.11 bits per heavy atom. The van der Waals surface area contributed by atoms with Gasteiger partial charge in [0.25, 0.3) is 11.5 Å². The maximum atomic E-state index is 13.6. The lowest BCUT2D eigenvalue weighted by molar-refractivity contribution is -0.122. The number of hydrogen-bond acceptors (Lipinski definition) is 7. The molecular formula is C26H21N3O4S2. The topological polar surface area (TPSA) is 77.1 Å². The second kappa shape index (κ2) is 9.16. The van der Waals surface area contributed by atoms with E-state index in [2.05, 4.69) is 4.98 Å². The number of aromatic nitrogens is 2. The minimum Gasteiger partial charge on any atom is -0.467 e. The van der Waals surface area contributed by atoms with E-state index in [1.54, 1.807) is 30.7 Å². The van der Waals surface area contributed by atoms with E-state index in [0.717, 1.165) is 28.5 Å². The van der Waals surface area contributed by atoms with Gasteiger partial charge in [-0.25, -0.2) is 0 Å². The molecule has 1 fully saturated rings. The van der Waals surface area contributed by atoms with Crippen LogP contribution in [0, 0.1) is 20.8 Å². The van der Waals surface area contributed by atoms with E-state index in [1.807, 2.05) is 45.0 Å².